The van der Waals surface area contributed by atoms with Gasteiger partial charge in [0.1, 0.15) is 5.75 Å². The van der Waals surface area contributed by atoms with Crippen LogP contribution in [0.5, 0.6) is 5.75 Å². The van der Waals surface area contributed by atoms with Gasteiger partial charge < -0.3 is 14.0 Å². The van der Waals surface area contributed by atoms with E-state index in [-0.39, 0.29) is 18.3 Å². The fourth-order valence-electron chi connectivity index (χ4n) is 2.18. The van der Waals surface area contributed by atoms with E-state index in [1.807, 2.05) is 24.3 Å². The molecule has 21 heavy (non-hydrogen) atoms. The lowest BCUT2D eigenvalue weighted by molar-refractivity contribution is 0.00578. The Kier molecular flexibility index (Phi) is 4.69. The molecule has 1 heterocycles. The molecule has 0 atom stereocenters. The van der Waals surface area contributed by atoms with E-state index >= 15 is 0 Å². The molecule has 0 amide bonds. The zero-order valence-electron chi connectivity index (χ0n) is 14.1. The van der Waals surface area contributed by atoms with Crippen LogP contribution in [-0.2, 0) is 9.31 Å². The van der Waals surface area contributed by atoms with Gasteiger partial charge in [-0.15, -0.1) is 0 Å². The third-order valence-electron chi connectivity index (χ3n) is 4.38. The highest BCUT2D eigenvalue weighted by atomic mass is 16.7. The summed E-state index contributed by atoms with van der Waals surface area (Å²) in [5.74, 6) is 1.49. The monoisotopic (exact) mass is 290 g/mol. The quantitative estimate of drug-likeness (QED) is 0.778. The molecule has 0 spiro atoms. The second-order valence-corrected chi connectivity index (χ2v) is 7.16. The molecule has 1 aliphatic heterocycles. The largest absolute Gasteiger partial charge is 0.498 e. The van der Waals surface area contributed by atoms with Crippen molar-refractivity contribution in [1.82, 2.24) is 0 Å². The molecule has 1 aromatic carbocycles. The van der Waals surface area contributed by atoms with Crippen molar-refractivity contribution in [1.29, 1.82) is 0 Å². The van der Waals surface area contributed by atoms with Crippen LogP contribution in [0.3, 0.4) is 0 Å². The average Bonchev–Trinajstić information content (AvgIpc) is 2.58. The maximum Gasteiger partial charge on any atom is 0.498 e. The highest BCUT2D eigenvalue weighted by molar-refractivity contribution is 6.63. The van der Waals surface area contributed by atoms with Gasteiger partial charge >= 0.3 is 7.12 Å². The van der Waals surface area contributed by atoms with Gasteiger partial charge in [-0.05, 0) is 46.1 Å². The summed E-state index contributed by atoms with van der Waals surface area (Å²) in [5.41, 5.74) is 0.311. The van der Waals surface area contributed by atoms with Crippen LogP contribution in [0.15, 0.2) is 24.3 Å². The summed E-state index contributed by atoms with van der Waals surface area (Å²) < 4.78 is 18.2. The Balaban J connectivity index is 2.14. The molecule has 116 valence electrons. The van der Waals surface area contributed by atoms with E-state index < -0.39 is 0 Å². The van der Waals surface area contributed by atoms with Crippen LogP contribution in [0, 0.1) is 5.92 Å². The van der Waals surface area contributed by atoms with Crippen LogP contribution < -0.4 is 10.2 Å². The summed E-state index contributed by atoms with van der Waals surface area (Å²) >= 11 is 0. The molecule has 0 N–H and O–H groups in total. The highest BCUT2D eigenvalue weighted by Crippen LogP contribution is 2.37. The van der Waals surface area contributed by atoms with Gasteiger partial charge in [0.15, 0.2) is 0 Å². The normalized spacial score (nSPS) is 20.0. The Labute approximate surface area is 129 Å². The SMILES string of the molecule is CC(C)CCOc1ccccc1B1OC(C)(C)C(C)(C)O1. The smallest absolute Gasteiger partial charge is 0.494 e. The van der Waals surface area contributed by atoms with Crippen LogP contribution in [-0.4, -0.2) is 24.9 Å². The molecule has 1 saturated heterocycles. The molecule has 0 aromatic heterocycles. The number of hydrogen-bond donors (Lipinski definition) is 0. The van der Waals surface area contributed by atoms with Gasteiger partial charge in [-0.25, -0.2) is 0 Å². The van der Waals surface area contributed by atoms with Crippen molar-refractivity contribution in [3.05, 3.63) is 24.3 Å². The zero-order valence-corrected chi connectivity index (χ0v) is 14.1. The molecular formula is C17H27BO3. The Morgan fingerprint density at radius 2 is 1.62 bits per heavy atom. The van der Waals surface area contributed by atoms with Crippen molar-refractivity contribution in [3.8, 4) is 5.75 Å². The highest BCUT2D eigenvalue weighted by Gasteiger charge is 2.52. The van der Waals surface area contributed by atoms with Gasteiger partial charge in [0.2, 0.25) is 0 Å². The van der Waals surface area contributed by atoms with Crippen molar-refractivity contribution in [2.45, 2.75) is 59.2 Å². The summed E-state index contributed by atoms with van der Waals surface area (Å²) in [6.07, 6.45) is 1.04. The predicted octanol–water partition coefficient (Wildman–Crippen LogP) is 3.41. The minimum Gasteiger partial charge on any atom is -0.494 e. The Morgan fingerprint density at radius 3 is 2.19 bits per heavy atom. The molecule has 0 saturated carbocycles. The molecule has 1 aliphatic rings. The van der Waals surface area contributed by atoms with Gasteiger partial charge in [0.05, 0.1) is 17.8 Å². The zero-order chi connectivity index (χ0) is 15.7. The molecule has 4 heteroatoms. The molecular weight excluding hydrogens is 263 g/mol. The van der Waals surface area contributed by atoms with Crippen molar-refractivity contribution in [3.63, 3.8) is 0 Å². The van der Waals surface area contributed by atoms with E-state index in [1.54, 1.807) is 0 Å². The molecule has 0 unspecified atom stereocenters. The first-order valence-corrected chi connectivity index (χ1v) is 7.80. The summed E-state index contributed by atoms with van der Waals surface area (Å²) in [4.78, 5) is 0. The topological polar surface area (TPSA) is 27.7 Å². The summed E-state index contributed by atoms with van der Waals surface area (Å²) in [7, 11) is -0.370. The molecule has 0 bridgehead atoms. The first-order valence-electron chi connectivity index (χ1n) is 7.80. The van der Waals surface area contributed by atoms with Crippen LogP contribution >= 0.6 is 0 Å². The number of para-hydroxylation sites is 1. The van der Waals surface area contributed by atoms with E-state index in [1.165, 1.54) is 0 Å². The second-order valence-electron chi connectivity index (χ2n) is 7.16. The minimum absolute atomic E-state index is 0.331. The second kappa shape index (κ2) is 6.01. The maximum atomic E-state index is 6.12. The van der Waals surface area contributed by atoms with Crippen LogP contribution in [0.25, 0.3) is 0 Å². The Morgan fingerprint density at radius 1 is 1.05 bits per heavy atom. The summed E-state index contributed by atoms with van der Waals surface area (Å²) in [6.45, 7) is 13.4. The number of hydrogen-bond acceptors (Lipinski definition) is 3. The Hall–Kier alpha value is -0.995. The van der Waals surface area contributed by atoms with Gasteiger partial charge in [0, 0.05) is 5.46 Å². The van der Waals surface area contributed by atoms with E-state index in [9.17, 15) is 0 Å². The van der Waals surface area contributed by atoms with Crippen molar-refractivity contribution in [2.75, 3.05) is 6.61 Å². The third-order valence-corrected chi connectivity index (χ3v) is 4.38. The average molecular weight is 290 g/mol. The third kappa shape index (κ3) is 3.61. The van der Waals surface area contributed by atoms with Crippen molar-refractivity contribution >= 4 is 12.6 Å². The lowest BCUT2D eigenvalue weighted by Crippen LogP contribution is -2.41. The number of rotatable bonds is 5. The summed E-state index contributed by atoms with van der Waals surface area (Å²) in [6, 6.07) is 7.99. The predicted molar refractivity (Wildman–Crippen MR) is 87.1 cm³/mol. The lowest BCUT2D eigenvalue weighted by Gasteiger charge is -2.32. The van der Waals surface area contributed by atoms with E-state index in [0.29, 0.717) is 12.5 Å². The van der Waals surface area contributed by atoms with Gasteiger partial charge in [-0.3, -0.25) is 0 Å². The van der Waals surface area contributed by atoms with E-state index in [0.717, 1.165) is 17.6 Å². The Bertz CT molecular complexity index is 467. The number of ether oxygens (including phenoxy) is 1. The molecule has 1 aromatic rings. The van der Waals surface area contributed by atoms with E-state index in [2.05, 4.69) is 41.5 Å². The fraction of sp³-hybridized carbons (Fsp3) is 0.647. The van der Waals surface area contributed by atoms with Crippen LogP contribution in [0.1, 0.15) is 48.0 Å². The first kappa shape index (κ1) is 16.4. The lowest BCUT2D eigenvalue weighted by atomic mass is 9.78. The molecule has 3 nitrogen and oxygen atoms in total. The molecule has 2 rings (SSSR count). The standard InChI is InChI=1S/C17H27BO3/c1-13(2)11-12-19-15-10-8-7-9-14(15)18-20-16(3,4)17(5,6)21-18/h7-10,13H,11-12H2,1-6H3. The van der Waals surface area contributed by atoms with Crippen LogP contribution in [0.4, 0.5) is 0 Å². The van der Waals surface area contributed by atoms with Gasteiger partial charge in [-0.2, -0.15) is 0 Å². The first-order chi connectivity index (χ1) is 9.73. The number of benzene rings is 1. The maximum absolute atomic E-state index is 6.12. The molecule has 1 fully saturated rings. The minimum atomic E-state index is -0.370. The van der Waals surface area contributed by atoms with Gasteiger partial charge in [-0.1, -0.05) is 32.0 Å². The molecule has 0 radical (unpaired) electrons. The summed E-state index contributed by atoms with van der Waals surface area (Å²) in [5, 5.41) is 0. The molecule has 0 aliphatic carbocycles. The van der Waals surface area contributed by atoms with Crippen molar-refractivity contribution < 1.29 is 14.0 Å². The van der Waals surface area contributed by atoms with Gasteiger partial charge in [0.25, 0.3) is 0 Å². The van der Waals surface area contributed by atoms with Crippen LogP contribution in [0.2, 0.25) is 0 Å². The van der Waals surface area contributed by atoms with Crippen molar-refractivity contribution in [2.24, 2.45) is 5.92 Å². The fourth-order valence-corrected chi connectivity index (χ4v) is 2.18. The van der Waals surface area contributed by atoms with E-state index in [4.69, 9.17) is 14.0 Å².